The third-order valence-corrected chi connectivity index (χ3v) is 4.05. The zero-order valence-corrected chi connectivity index (χ0v) is 14.7. The van der Waals surface area contributed by atoms with Gasteiger partial charge in [-0.05, 0) is 56.5 Å². The maximum Gasteiger partial charge on any atom is 0.239 e. The first-order chi connectivity index (χ1) is 11.8. The Morgan fingerprint density at radius 3 is 2.44 bits per heavy atom. The van der Waals surface area contributed by atoms with Gasteiger partial charge in [-0.1, -0.05) is 30.3 Å². The first-order valence-electron chi connectivity index (χ1n) is 8.20. The van der Waals surface area contributed by atoms with Gasteiger partial charge in [0.15, 0.2) is 0 Å². The van der Waals surface area contributed by atoms with Crippen molar-refractivity contribution in [2.75, 3.05) is 11.9 Å². The van der Waals surface area contributed by atoms with Gasteiger partial charge in [0.1, 0.15) is 11.2 Å². The quantitative estimate of drug-likeness (QED) is 0.790. The highest BCUT2D eigenvalue weighted by atomic mass is 19.1. The van der Waals surface area contributed by atoms with E-state index in [0.717, 1.165) is 5.56 Å². The average molecular weight is 342 g/mol. The van der Waals surface area contributed by atoms with E-state index in [9.17, 15) is 14.0 Å². The standard InChI is InChI=1S/C20H23FN2O2/c1-14-7-6-9-16(13-14)23-19(25)20(2,3)18(24)22-12-11-15-8-4-5-10-17(15)21/h4-10,13H,11-12H2,1-3H3,(H,22,24)(H,23,25). The average Bonchev–Trinajstić information content (AvgIpc) is 2.56. The number of rotatable bonds is 6. The summed E-state index contributed by atoms with van der Waals surface area (Å²) in [6, 6.07) is 13.8. The molecule has 5 heteroatoms. The lowest BCUT2D eigenvalue weighted by molar-refractivity contribution is -0.138. The van der Waals surface area contributed by atoms with E-state index in [1.54, 1.807) is 38.1 Å². The molecule has 2 N–H and O–H groups in total. The number of carbonyl (C=O) groups excluding carboxylic acids is 2. The van der Waals surface area contributed by atoms with Crippen LogP contribution >= 0.6 is 0 Å². The summed E-state index contributed by atoms with van der Waals surface area (Å²) >= 11 is 0. The molecule has 0 bridgehead atoms. The topological polar surface area (TPSA) is 58.2 Å². The Hall–Kier alpha value is -2.69. The minimum Gasteiger partial charge on any atom is -0.355 e. The molecule has 0 spiro atoms. The first kappa shape index (κ1) is 18.6. The van der Waals surface area contributed by atoms with Crippen LogP contribution in [0.5, 0.6) is 0 Å². The number of halogens is 1. The van der Waals surface area contributed by atoms with Crippen LogP contribution in [0.3, 0.4) is 0 Å². The van der Waals surface area contributed by atoms with E-state index in [0.29, 0.717) is 17.7 Å². The molecule has 0 unspecified atom stereocenters. The van der Waals surface area contributed by atoms with Crippen LogP contribution in [0.2, 0.25) is 0 Å². The lowest BCUT2D eigenvalue weighted by Crippen LogP contribution is -2.45. The molecule has 2 aromatic carbocycles. The van der Waals surface area contributed by atoms with Gasteiger partial charge >= 0.3 is 0 Å². The molecule has 0 saturated heterocycles. The number of benzene rings is 2. The molecule has 2 rings (SSSR count). The van der Waals surface area contributed by atoms with Gasteiger partial charge in [-0.15, -0.1) is 0 Å². The number of anilines is 1. The molecule has 0 heterocycles. The van der Waals surface area contributed by atoms with Crippen LogP contribution in [0.4, 0.5) is 10.1 Å². The van der Waals surface area contributed by atoms with Crippen LogP contribution in [0.25, 0.3) is 0 Å². The van der Waals surface area contributed by atoms with Crippen molar-refractivity contribution in [3.05, 3.63) is 65.5 Å². The molecular weight excluding hydrogens is 319 g/mol. The van der Waals surface area contributed by atoms with Gasteiger partial charge < -0.3 is 10.6 Å². The molecule has 2 amide bonds. The normalized spacial score (nSPS) is 11.0. The molecule has 0 aliphatic carbocycles. The summed E-state index contributed by atoms with van der Waals surface area (Å²) in [5, 5.41) is 5.47. The molecule has 0 aliphatic heterocycles. The fourth-order valence-corrected chi connectivity index (χ4v) is 2.35. The number of hydrogen-bond donors (Lipinski definition) is 2. The minimum absolute atomic E-state index is 0.265. The monoisotopic (exact) mass is 342 g/mol. The number of hydrogen-bond acceptors (Lipinski definition) is 2. The van der Waals surface area contributed by atoms with Crippen molar-refractivity contribution in [3.63, 3.8) is 0 Å². The maximum atomic E-state index is 13.6. The van der Waals surface area contributed by atoms with Gasteiger partial charge in [-0.3, -0.25) is 9.59 Å². The van der Waals surface area contributed by atoms with Gasteiger partial charge in [0.05, 0.1) is 0 Å². The van der Waals surface area contributed by atoms with E-state index in [2.05, 4.69) is 10.6 Å². The zero-order valence-electron chi connectivity index (χ0n) is 14.7. The van der Waals surface area contributed by atoms with Crippen molar-refractivity contribution < 1.29 is 14.0 Å². The summed E-state index contributed by atoms with van der Waals surface area (Å²) in [5.74, 6) is -1.08. The Labute approximate surface area is 147 Å². The third-order valence-electron chi connectivity index (χ3n) is 4.05. The van der Waals surface area contributed by atoms with Crippen molar-refractivity contribution in [3.8, 4) is 0 Å². The van der Waals surface area contributed by atoms with Gasteiger partial charge in [0.25, 0.3) is 0 Å². The van der Waals surface area contributed by atoms with E-state index < -0.39 is 11.3 Å². The van der Waals surface area contributed by atoms with Gasteiger partial charge in [-0.25, -0.2) is 4.39 Å². The molecule has 0 fully saturated rings. The molecule has 0 saturated carbocycles. The molecule has 25 heavy (non-hydrogen) atoms. The molecule has 2 aromatic rings. The van der Waals surface area contributed by atoms with Crippen molar-refractivity contribution in [2.45, 2.75) is 27.2 Å². The summed E-state index contributed by atoms with van der Waals surface area (Å²) in [6.07, 6.45) is 0.369. The fourth-order valence-electron chi connectivity index (χ4n) is 2.35. The smallest absolute Gasteiger partial charge is 0.239 e. The molecular formula is C20H23FN2O2. The second-order valence-corrected chi connectivity index (χ2v) is 6.55. The number of aryl methyl sites for hydroxylation is 1. The molecule has 132 valence electrons. The van der Waals surface area contributed by atoms with E-state index in [1.807, 2.05) is 25.1 Å². The second kappa shape index (κ2) is 7.92. The second-order valence-electron chi connectivity index (χ2n) is 6.55. The SMILES string of the molecule is Cc1cccc(NC(=O)C(C)(C)C(=O)NCCc2ccccc2F)c1. The number of nitrogens with one attached hydrogen (secondary N) is 2. The summed E-state index contributed by atoms with van der Waals surface area (Å²) in [5.41, 5.74) is 0.964. The Kier molecular flexibility index (Phi) is 5.91. The molecule has 0 aliphatic rings. The highest BCUT2D eigenvalue weighted by Gasteiger charge is 2.35. The van der Waals surface area contributed by atoms with Crippen molar-refractivity contribution in [1.82, 2.24) is 5.32 Å². The van der Waals surface area contributed by atoms with Crippen LogP contribution in [0.1, 0.15) is 25.0 Å². The Morgan fingerprint density at radius 1 is 1.04 bits per heavy atom. The van der Waals surface area contributed by atoms with Crippen LogP contribution in [0, 0.1) is 18.2 Å². The third kappa shape index (κ3) is 4.89. The van der Waals surface area contributed by atoms with Crippen LogP contribution in [-0.4, -0.2) is 18.4 Å². The van der Waals surface area contributed by atoms with E-state index in [-0.39, 0.29) is 18.3 Å². The lowest BCUT2D eigenvalue weighted by Gasteiger charge is -2.23. The summed E-state index contributed by atoms with van der Waals surface area (Å²) in [7, 11) is 0. The first-order valence-corrected chi connectivity index (χ1v) is 8.20. The van der Waals surface area contributed by atoms with Crippen LogP contribution < -0.4 is 10.6 Å². The van der Waals surface area contributed by atoms with Gasteiger partial charge in [0.2, 0.25) is 11.8 Å². The largest absolute Gasteiger partial charge is 0.355 e. The van der Waals surface area contributed by atoms with E-state index >= 15 is 0 Å². The van der Waals surface area contributed by atoms with Gasteiger partial charge in [-0.2, -0.15) is 0 Å². The number of amides is 2. The van der Waals surface area contributed by atoms with Crippen LogP contribution in [0.15, 0.2) is 48.5 Å². The number of carbonyl (C=O) groups is 2. The summed E-state index contributed by atoms with van der Waals surface area (Å²) in [4.78, 5) is 24.8. The van der Waals surface area contributed by atoms with Crippen LogP contribution in [-0.2, 0) is 16.0 Å². The fraction of sp³-hybridized carbons (Fsp3) is 0.300. The molecule has 0 aromatic heterocycles. The summed E-state index contributed by atoms with van der Waals surface area (Å²) < 4.78 is 13.6. The highest BCUT2D eigenvalue weighted by molar-refractivity contribution is 6.09. The summed E-state index contributed by atoms with van der Waals surface area (Å²) in [6.45, 7) is 5.32. The predicted molar refractivity (Wildman–Crippen MR) is 96.7 cm³/mol. The van der Waals surface area contributed by atoms with Crippen molar-refractivity contribution in [2.24, 2.45) is 5.41 Å². The predicted octanol–water partition coefficient (Wildman–Crippen LogP) is 3.46. The van der Waals surface area contributed by atoms with Crippen molar-refractivity contribution in [1.29, 1.82) is 0 Å². The van der Waals surface area contributed by atoms with E-state index in [1.165, 1.54) is 6.07 Å². The molecule has 0 radical (unpaired) electrons. The van der Waals surface area contributed by atoms with Crippen molar-refractivity contribution >= 4 is 17.5 Å². The maximum absolute atomic E-state index is 13.6. The zero-order chi connectivity index (χ0) is 18.4. The Balaban J connectivity index is 1.92. The highest BCUT2D eigenvalue weighted by Crippen LogP contribution is 2.19. The molecule has 0 atom stereocenters. The Bertz CT molecular complexity index is 772. The lowest BCUT2D eigenvalue weighted by atomic mass is 9.90. The molecule has 4 nitrogen and oxygen atoms in total. The Morgan fingerprint density at radius 2 is 1.76 bits per heavy atom. The van der Waals surface area contributed by atoms with Gasteiger partial charge in [0, 0.05) is 12.2 Å². The van der Waals surface area contributed by atoms with E-state index in [4.69, 9.17) is 0 Å². The minimum atomic E-state index is -1.24.